The number of carbonyl (C=O) groups excluding carboxylic acids is 1. The number of hydrogen-bond acceptors (Lipinski definition) is 2. The number of aromatic nitrogens is 1. The molecule has 0 saturated carbocycles. The number of benzene rings is 1. The van der Waals surface area contributed by atoms with Crippen LogP contribution in [0.2, 0.25) is 5.02 Å². The number of amides is 1. The van der Waals surface area contributed by atoms with E-state index in [-0.39, 0.29) is 17.0 Å². The van der Waals surface area contributed by atoms with Crippen LogP contribution < -0.4 is 10.1 Å². The molecule has 4 nitrogen and oxygen atoms in total. The molecule has 0 aliphatic rings. The Balaban J connectivity index is 2.20. The first-order valence-electron chi connectivity index (χ1n) is 8.55. The molecule has 2 rings (SSSR count). The van der Waals surface area contributed by atoms with Gasteiger partial charge in [-0.05, 0) is 59.1 Å². The fourth-order valence-corrected chi connectivity index (χ4v) is 2.87. The van der Waals surface area contributed by atoms with Crippen molar-refractivity contribution < 1.29 is 13.9 Å². The minimum Gasteiger partial charge on any atom is -0.486 e. The fraction of sp³-hybridized carbons (Fsp3) is 0.526. The summed E-state index contributed by atoms with van der Waals surface area (Å²) in [5, 5.41) is 3.59. The van der Waals surface area contributed by atoms with Gasteiger partial charge in [-0.3, -0.25) is 4.79 Å². The first-order valence-corrected chi connectivity index (χ1v) is 8.92. The van der Waals surface area contributed by atoms with E-state index in [1.54, 1.807) is 12.3 Å². The monoisotopic (exact) mass is 368 g/mol. The summed E-state index contributed by atoms with van der Waals surface area (Å²) in [6.07, 6.45) is 3.56. The van der Waals surface area contributed by atoms with Gasteiger partial charge in [-0.1, -0.05) is 11.6 Å². The SMILES string of the molecule is CC(C)NC(=O)CCCc1c[nH]c2c(F)c(Cl)c(OC(C)(C)C)cc12. The number of rotatable bonds is 6. The Morgan fingerprint density at radius 3 is 2.68 bits per heavy atom. The Morgan fingerprint density at radius 2 is 2.08 bits per heavy atom. The predicted octanol–water partition coefficient (Wildman–Crippen LogP) is 4.99. The van der Waals surface area contributed by atoms with Crippen LogP contribution in [0, 0.1) is 5.82 Å². The smallest absolute Gasteiger partial charge is 0.220 e. The van der Waals surface area contributed by atoms with Gasteiger partial charge in [0.25, 0.3) is 0 Å². The molecule has 138 valence electrons. The van der Waals surface area contributed by atoms with Gasteiger partial charge >= 0.3 is 0 Å². The van der Waals surface area contributed by atoms with Crippen molar-refractivity contribution in [1.29, 1.82) is 0 Å². The summed E-state index contributed by atoms with van der Waals surface area (Å²) in [7, 11) is 0. The predicted molar refractivity (Wildman–Crippen MR) is 99.9 cm³/mol. The van der Waals surface area contributed by atoms with Crippen LogP contribution in [0.15, 0.2) is 12.3 Å². The zero-order valence-electron chi connectivity index (χ0n) is 15.4. The van der Waals surface area contributed by atoms with Gasteiger partial charge in [0, 0.05) is 24.0 Å². The van der Waals surface area contributed by atoms with Crippen molar-refractivity contribution in [2.45, 2.75) is 65.5 Å². The van der Waals surface area contributed by atoms with E-state index in [2.05, 4.69) is 10.3 Å². The summed E-state index contributed by atoms with van der Waals surface area (Å²) in [4.78, 5) is 14.7. The number of H-pyrrole nitrogens is 1. The number of aromatic amines is 1. The molecule has 0 saturated heterocycles. The number of fused-ring (bicyclic) bond motifs is 1. The van der Waals surface area contributed by atoms with Crippen molar-refractivity contribution in [3.05, 3.63) is 28.7 Å². The van der Waals surface area contributed by atoms with Gasteiger partial charge in [0.05, 0.1) is 5.52 Å². The van der Waals surface area contributed by atoms with Crippen molar-refractivity contribution >= 4 is 28.4 Å². The highest BCUT2D eigenvalue weighted by atomic mass is 35.5. The van der Waals surface area contributed by atoms with Crippen LogP contribution in [0.5, 0.6) is 5.75 Å². The summed E-state index contributed by atoms with van der Waals surface area (Å²) in [6.45, 7) is 9.52. The third-order valence-corrected chi connectivity index (χ3v) is 3.98. The third kappa shape index (κ3) is 5.11. The topological polar surface area (TPSA) is 54.1 Å². The average molecular weight is 369 g/mol. The molecule has 0 fully saturated rings. The normalized spacial score (nSPS) is 12.0. The Hall–Kier alpha value is -1.75. The summed E-state index contributed by atoms with van der Waals surface area (Å²) < 4.78 is 20.3. The van der Waals surface area contributed by atoms with E-state index in [1.807, 2.05) is 34.6 Å². The molecule has 1 aromatic heterocycles. The summed E-state index contributed by atoms with van der Waals surface area (Å²) in [5.74, 6) is -0.152. The van der Waals surface area contributed by atoms with Crippen LogP contribution in [-0.4, -0.2) is 22.5 Å². The molecular weight excluding hydrogens is 343 g/mol. The third-order valence-electron chi connectivity index (χ3n) is 3.63. The minimum atomic E-state index is -0.512. The van der Waals surface area contributed by atoms with Crippen LogP contribution >= 0.6 is 11.6 Å². The number of halogens is 2. The summed E-state index contributed by atoms with van der Waals surface area (Å²) in [5.41, 5.74) is 0.837. The molecule has 0 atom stereocenters. The molecule has 0 unspecified atom stereocenters. The van der Waals surface area contributed by atoms with E-state index in [0.29, 0.717) is 30.5 Å². The molecule has 0 spiro atoms. The summed E-state index contributed by atoms with van der Waals surface area (Å²) >= 11 is 6.11. The first kappa shape index (κ1) is 19.6. The molecule has 0 aliphatic carbocycles. The van der Waals surface area contributed by atoms with Crippen LogP contribution in [-0.2, 0) is 11.2 Å². The number of hydrogen-bond donors (Lipinski definition) is 2. The number of ether oxygens (including phenoxy) is 1. The van der Waals surface area contributed by atoms with Gasteiger partial charge in [-0.2, -0.15) is 0 Å². The van der Waals surface area contributed by atoms with Crippen LogP contribution in [0.25, 0.3) is 10.9 Å². The molecule has 1 heterocycles. The number of carbonyl (C=O) groups is 1. The van der Waals surface area contributed by atoms with Crippen molar-refractivity contribution in [1.82, 2.24) is 10.3 Å². The summed E-state index contributed by atoms with van der Waals surface area (Å²) in [6, 6.07) is 1.90. The zero-order valence-corrected chi connectivity index (χ0v) is 16.2. The Morgan fingerprint density at radius 1 is 1.40 bits per heavy atom. The highest BCUT2D eigenvalue weighted by molar-refractivity contribution is 6.33. The fourth-order valence-electron chi connectivity index (χ4n) is 2.68. The minimum absolute atomic E-state index is 0.0212. The second-order valence-corrected chi connectivity index (χ2v) is 7.91. The second-order valence-electron chi connectivity index (χ2n) is 7.53. The quantitative estimate of drug-likeness (QED) is 0.755. The van der Waals surface area contributed by atoms with E-state index >= 15 is 0 Å². The van der Waals surface area contributed by atoms with Crippen molar-refractivity contribution in [3.63, 3.8) is 0 Å². The number of nitrogens with one attached hydrogen (secondary N) is 2. The van der Waals surface area contributed by atoms with Crippen molar-refractivity contribution in [2.24, 2.45) is 0 Å². The maximum absolute atomic E-state index is 14.5. The molecule has 0 bridgehead atoms. The van der Waals surface area contributed by atoms with E-state index in [1.165, 1.54) is 0 Å². The highest BCUT2D eigenvalue weighted by Gasteiger charge is 2.20. The molecule has 2 aromatic rings. The van der Waals surface area contributed by atoms with Crippen LogP contribution in [0.4, 0.5) is 4.39 Å². The molecule has 2 N–H and O–H groups in total. The lowest BCUT2D eigenvalue weighted by Gasteiger charge is -2.22. The molecule has 1 amide bonds. The van der Waals surface area contributed by atoms with Crippen molar-refractivity contribution in [2.75, 3.05) is 0 Å². The van der Waals surface area contributed by atoms with Gasteiger partial charge in [0.2, 0.25) is 5.91 Å². The first-order chi connectivity index (χ1) is 11.6. The molecular formula is C19H26ClFN2O2. The Kier molecular flexibility index (Phi) is 5.99. The highest BCUT2D eigenvalue weighted by Crippen LogP contribution is 2.37. The van der Waals surface area contributed by atoms with E-state index in [0.717, 1.165) is 10.9 Å². The standard InChI is InChI=1S/C19H26ClFN2O2/c1-11(2)23-15(24)8-6-7-12-10-22-18-13(12)9-14(16(20)17(18)21)25-19(3,4)5/h9-11,22H,6-8H2,1-5H3,(H,23,24). The molecule has 6 heteroatoms. The average Bonchev–Trinajstić information content (AvgIpc) is 2.85. The maximum atomic E-state index is 14.5. The lowest BCUT2D eigenvalue weighted by molar-refractivity contribution is -0.121. The van der Waals surface area contributed by atoms with Gasteiger partial charge in [0.15, 0.2) is 5.82 Å². The molecule has 1 aromatic carbocycles. The lowest BCUT2D eigenvalue weighted by atomic mass is 10.1. The van der Waals surface area contributed by atoms with Gasteiger partial charge in [-0.25, -0.2) is 4.39 Å². The van der Waals surface area contributed by atoms with E-state index in [9.17, 15) is 9.18 Å². The zero-order chi connectivity index (χ0) is 18.8. The van der Waals surface area contributed by atoms with Gasteiger partial charge in [-0.15, -0.1) is 0 Å². The lowest BCUT2D eigenvalue weighted by Crippen LogP contribution is -2.29. The Labute approximate surface area is 153 Å². The van der Waals surface area contributed by atoms with E-state index < -0.39 is 11.4 Å². The largest absolute Gasteiger partial charge is 0.486 e. The maximum Gasteiger partial charge on any atom is 0.220 e. The Bertz CT molecular complexity index is 763. The van der Waals surface area contributed by atoms with Gasteiger partial charge in [0.1, 0.15) is 16.4 Å². The second kappa shape index (κ2) is 7.65. The van der Waals surface area contributed by atoms with E-state index in [4.69, 9.17) is 16.3 Å². The molecule has 25 heavy (non-hydrogen) atoms. The van der Waals surface area contributed by atoms with Crippen molar-refractivity contribution in [3.8, 4) is 5.75 Å². The van der Waals surface area contributed by atoms with Crippen LogP contribution in [0.1, 0.15) is 53.0 Å². The molecule has 0 radical (unpaired) electrons. The molecule has 0 aliphatic heterocycles. The van der Waals surface area contributed by atoms with Gasteiger partial charge < -0.3 is 15.0 Å². The van der Waals surface area contributed by atoms with Crippen LogP contribution in [0.3, 0.4) is 0 Å². The number of aryl methyl sites for hydroxylation is 1.